The average molecular weight is 401 g/mol. The van der Waals surface area contributed by atoms with Crippen LogP contribution in [0.3, 0.4) is 0 Å². The zero-order chi connectivity index (χ0) is 18.7. The second-order valence-electron chi connectivity index (χ2n) is 5.04. The van der Waals surface area contributed by atoms with Crippen molar-refractivity contribution in [2.75, 3.05) is 10.0 Å². The molecule has 3 aromatic rings. The molecule has 0 saturated carbocycles. The third-order valence-corrected chi connectivity index (χ3v) is 4.80. The Kier molecular flexibility index (Phi) is 5.23. The molecule has 2 N–H and O–H groups in total. The summed E-state index contributed by atoms with van der Waals surface area (Å²) in [5.74, 6) is -0.426. The van der Waals surface area contributed by atoms with Gasteiger partial charge in [-0.15, -0.1) is 11.3 Å². The fourth-order valence-corrected chi connectivity index (χ4v) is 3.24. The van der Waals surface area contributed by atoms with E-state index in [-0.39, 0.29) is 11.4 Å². The van der Waals surface area contributed by atoms with Gasteiger partial charge in [0.1, 0.15) is 5.82 Å². The van der Waals surface area contributed by atoms with E-state index in [0.29, 0.717) is 16.4 Å². The summed E-state index contributed by atoms with van der Waals surface area (Å²) >= 11 is 1.22. The van der Waals surface area contributed by atoms with Gasteiger partial charge in [0.25, 0.3) is 0 Å². The molecule has 0 amide bonds. The molecule has 0 fully saturated rings. The largest absolute Gasteiger partial charge is 0.490 e. The number of halogens is 4. The normalized spacial score (nSPS) is 12.6. The van der Waals surface area contributed by atoms with Crippen LogP contribution >= 0.6 is 11.3 Å². The van der Waals surface area contributed by atoms with Gasteiger partial charge < -0.3 is 5.32 Å². The van der Waals surface area contributed by atoms with Crippen LogP contribution in [0, 0.1) is 5.82 Å². The van der Waals surface area contributed by atoms with Gasteiger partial charge >= 0.3 is 5.51 Å². The van der Waals surface area contributed by atoms with Crippen molar-refractivity contribution >= 4 is 38.8 Å². The SMILES string of the molecule is O=S(Nc1cccc(-c2csc(Nc3ccccc3F)n2)c1)C(F)(F)F. The van der Waals surface area contributed by atoms with E-state index in [1.807, 2.05) is 4.72 Å². The van der Waals surface area contributed by atoms with Gasteiger partial charge in [-0.25, -0.2) is 13.6 Å². The lowest BCUT2D eigenvalue weighted by atomic mass is 10.1. The van der Waals surface area contributed by atoms with Crippen molar-refractivity contribution in [3.05, 3.63) is 59.7 Å². The fraction of sp³-hybridized carbons (Fsp3) is 0.0625. The van der Waals surface area contributed by atoms with E-state index in [9.17, 15) is 21.8 Å². The molecule has 0 aliphatic rings. The van der Waals surface area contributed by atoms with E-state index in [2.05, 4.69) is 10.3 Å². The average Bonchev–Trinajstić information content (AvgIpc) is 3.05. The number of alkyl halides is 3. The zero-order valence-corrected chi connectivity index (χ0v) is 14.5. The lowest BCUT2D eigenvalue weighted by Gasteiger charge is -2.09. The number of para-hydroxylation sites is 1. The van der Waals surface area contributed by atoms with Gasteiger partial charge in [0.05, 0.1) is 11.4 Å². The topological polar surface area (TPSA) is 54.0 Å². The minimum atomic E-state index is -4.85. The highest BCUT2D eigenvalue weighted by atomic mass is 32.2. The van der Waals surface area contributed by atoms with Crippen LogP contribution in [0.4, 0.5) is 34.1 Å². The molecule has 0 spiro atoms. The standard InChI is InChI=1S/C16H11F4N3OS2/c17-12-6-1-2-7-13(12)21-15-22-14(9-25-15)10-4-3-5-11(8-10)23-26(24)16(18,19)20/h1-9,23H,(H,21,22). The number of anilines is 3. The number of hydrogen-bond donors (Lipinski definition) is 2. The highest BCUT2D eigenvalue weighted by Crippen LogP contribution is 2.30. The van der Waals surface area contributed by atoms with E-state index >= 15 is 0 Å². The number of aromatic nitrogens is 1. The molecule has 10 heteroatoms. The van der Waals surface area contributed by atoms with Crippen molar-refractivity contribution in [2.24, 2.45) is 0 Å². The maximum Gasteiger partial charge on any atom is 0.490 e. The fourth-order valence-electron chi connectivity index (χ4n) is 2.05. The van der Waals surface area contributed by atoms with Gasteiger partial charge in [-0.3, -0.25) is 4.72 Å². The maximum absolute atomic E-state index is 13.7. The second-order valence-corrected chi connectivity index (χ2v) is 7.10. The molecule has 0 aliphatic heterocycles. The van der Waals surface area contributed by atoms with Crippen LogP contribution in [0.25, 0.3) is 11.3 Å². The van der Waals surface area contributed by atoms with Gasteiger partial charge in [-0.1, -0.05) is 24.3 Å². The molecule has 136 valence electrons. The summed E-state index contributed by atoms with van der Waals surface area (Å²) in [6.07, 6.45) is 0. The molecule has 1 heterocycles. The van der Waals surface area contributed by atoms with E-state index in [1.54, 1.807) is 29.6 Å². The van der Waals surface area contributed by atoms with Crippen LogP contribution in [0.15, 0.2) is 53.9 Å². The molecule has 0 saturated heterocycles. The number of nitrogens with one attached hydrogen (secondary N) is 2. The first-order valence-corrected chi connectivity index (χ1v) is 9.18. The summed E-state index contributed by atoms with van der Waals surface area (Å²) in [5.41, 5.74) is -3.51. The lowest BCUT2D eigenvalue weighted by Crippen LogP contribution is -2.22. The van der Waals surface area contributed by atoms with Gasteiger partial charge in [0, 0.05) is 16.6 Å². The highest BCUT2D eigenvalue weighted by Gasteiger charge is 2.37. The number of rotatable bonds is 5. The molecule has 0 aliphatic carbocycles. The Bertz CT molecular complexity index is 943. The van der Waals surface area contributed by atoms with Gasteiger partial charge in [-0.2, -0.15) is 13.2 Å². The van der Waals surface area contributed by atoms with Gasteiger partial charge in [-0.05, 0) is 24.3 Å². The summed E-state index contributed by atoms with van der Waals surface area (Å²) in [6, 6.07) is 12.1. The minimum absolute atomic E-state index is 0.0507. The quantitative estimate of drug-likeness (QED) is 0.572. The Labute approximate surface area is 152 Å². The zero-order valence-electron chi connectivity index (χ0n) is 12.9. The van der Waals surface area contributed by atoms with E-state index in [1.165, 1.54) is 35.6 Å². The molecule has 0 radical (unpaired) electrons. The van der Waals surface area contributed by atoms with Crippen LogP contribution in [0.1, 0.15) is 0 Å². The van der Waals surface area contributed by atoms with E-state index in [0.717, 1.165) is 0 Å². The summed E-state index contributed by atoms with van der Waals surface area (Å²) in [4.78, 5) is 4.30. The van der Waals surface area contributed by atoms with Crippen LogP contribution < -0.4 is 10.0 Å². The maximum atomic E-state index is 13.7. The minimum Gasteiger partial charge on any atom is -0.329 e. The Morgan fingerprint density at radius 3 is 2.58 bits per heavy atom. The third kappa shape index (κ3) is 4.38. The predicted octanol–water partition coefficient (Wildman–Crippen LogP) is 5.29. The van der Waals surface area contributed by atoms with Crippen molar-refractivity contribution in [3.8, 4) is 11.3 Å². The van der Waals surface area contributed by atoms with Gasteiger partial charge in [0.15, 0.2) is 5.13 Å². The van der Waals surface area contributed by atoms with Crippen molar-refractivity contribution in [3.63, 3.8) is 0 Å². The molecule has 4 nitrogen and oxygen atoms in total. The van der Waals surface area contributed by atoms with Crippen LogP contribution in [-0.4, -0.2) is 14.7 Å². The van der Waals surface area contributed by atoms with Crippen molar-refractivity contribution in [1.29, 1.82) is 0 Å². The molecule has 0 bridgehead atoms. The summed E-state index contributed by atoms with van der Waals surface area (Å²) < 4.78 is 63.9. The Balaban J connectivity index is 1.78. The molecule has 1 aromatic heterocycles. The first-order valence-electron chi connectivity index (χ1n) is 7.16. The summed E-state index contributed by atoms with van der Waals surface area (Å²) in [6.45, 7) is 0. The predicted molar refractivity (Wildman–Crippen MR) is 95.1 cm³/mol. The van der Waals surface area contributed by atoms with Crippen LogP contribution in [-0.2, 0) is 11.0 Å². The van der Waals surface area contributed by atoms with Crippen molar-refractivity contribution < 1.29 is 21.8 Å². The molecule has 1 unspecified atom stereocenters. The lowest BCUT2D eigenvalue weighted by molar-refractivity contribution is -0.0379. The Morgan fingerprint density at radius 2 is 1.85 bits per heavy atom. The third-order valence-electron chi connectivity index (χ3n) is 3.20. The van der Waals surface area contributed by atoms with Crippen LogP contribution in [0.2, 0.25) is 0 Å². The Morgan fingerprint density at radius 1 is 1.08 bits per heavy atom. The highest BCUT2D eigenvalue weighted by molar-refractivity contribution is 7.87. The molecule has 2 aromatic carbocycles. The number of hydrogen-bond acceptors (Lipinski definition) is 4. The van der Waals surface area contributed by atoms with Crippen molar-refractivity contribution in [1.82, 2.24) is 4.98 Å². The van der Waals surface area contributed by atoms with Gasteiger partial charge in [0.2, 0.25) is 11.0 Å². The summed E-state index contributed by atoms with van der Waals surface area (Å²) in [5, 5.41) is 4.96. The summed E-state index contributed by atoms with van der Waals surface area (Å²) in [7, 11) is -3.20. The monoisotopic (exact) mass is 401 g/mol. The number of thiazole rings is 1. The second kappa shape index (κ2) is 7.42. The van der Waals surface area contributed by atoms with E-state index < -0.39 is 22.3 Å². The first-order chi connectivity index (χ1) is 12.3. The molecule has 1 atom stereocenters. The van der Waals surface area contributed by atoms with E-state index in [4.69, 9.17) is 0 Å². The molecule has 3 rings (SSSR count). The Hall–Kier alpha value is -2.46. The smallest absolute Gasteiger partial charge is 0.329 e. The van der Waals surface area contributed by atoms with Crippen LogP contribution in [0.5, 0.6) is 0 Å². The number of benzene rings is 2. The number of nitrogens with zero attached hydrogens (tertiary/aromatic N) is 1. The van der Waals surface area contributed by atoms with Crippen molar-refractivity contribution in [2.45, 2.75) is 5.51 Å². The molecular weight excluding hydrogens is 390 g/mol. The molecule has 26 heavy (non-hydrogen) atoms. The molecular formula is C16H11F4N3OS2. The first kappa shape index (κ1) is 18.3.